The molecule has 2 N–H and O–H groups in total. The van der Waals surface area contributed by atoms with Crippen LogP contribution >= 0.6 is 0 Å². The molecule has 0 radical (unpaired) electrons. The molecule has 1 amide bonds. The van der Waals surface area contributed by atoms with Gasteiger partial charge in [0.15, 0.2) is 0 Å². The number of anilines is 1. The second-order valence-electron chi connectivity index (χ2n) is 7.28. The minimum absolute atomic E-state index is 0.0758. The van der Waals surface area contributed by atoms with Crippen LogP contribution in [0.25, 0.3) is 11.5 Å². The van der Waals surface area contributed by atoms with E-state index in [0.717, 1.165) is 25.9 Å². The molecule has 2 aliphatic rings. The van der Waals surface area contributed by atoms with Crippen LogP contribution in [0.2, 0.25) is 0 Å². The maximum absolute atomic E-state index is 12.8. The molecule has 1 aliphatic heterocycles. The average Bonchev–Trinajstić information content (AvgIpc) is 3.24. The van der Waals surface area contributed by atoms with E-state index < -0.39 is 22.9 Å². The van der Waals surface area contributed by atoms with Crippen LogP contribution in [-0.2, 0) is 11.0 Å². The third-order valence-electron chi connectivity index (χ3n) is 5.41. The summed E-state index contributed by atoms with van der Waals surface area (Å²) in [7, 11) is 0. The summed E-state index contributed by atoms with van der Waals surface area (Å²) < 4.78 is 43.7. The number of amides is 1. The number of nitrogens with one attached hydrogen (secondary N) is 2. The van der Waals surface area contributed by atoms with Crippen LogP contribution in [0.15, 0.2) is 21.5 Å². The third-order valence-corrected chi connectivity index (χ3v) is 5.41. The Balaban J connectivity index is 1.39. The summed E-state index contributed by atoms with van der Waals surface area (Å²) in [5.74, 6) is -0.483. The molecule has 1 spiro atoms. The molecule has 0 unspecified atom stereocenters. The number of carbonyl (C=O) groups excluding carboxylic acids is 1. The molecule has 1 saturated carbocycles. The molecular weight excluding hydrogens is 379 g/mol. The quantitative estimate of drug-likeness (QED) is 0.820. The van der Waals surface area contributed by atoms with Crippen molar-refractivity contribution in [2.75, 3.05) is 25.0 Å². The van der Waals surface area contributed by atoms with E-state index >= 15 is 0 Å². The monoisotopic (exact) mass is 397 g/mol. The van der Waals surface area contributed by atoms with Crippen molar-refractivity contribution in [3.63, 3.8) is 0 Å². The number of alkyl halides is 3. The fourth-order valence-electron chi connectivity index (χ4n) is 3.38. The molecule has 0 aromatic carbocycles. The van der Waals surface area contributed by atoms with E-state index in [1.165, 1.54) is 12.8 Å². The fourth-order valence-corrected chi connectivity index (χ4v) is 3.38. The van der Waals surface area contributed by atoms with Crippen LogP contribution in [0.4, 0.5) is 19.2 Å². The molecule has 2 aromatic heterocycles. The predicted molar refractivity (Wildman–Crippen MR) is 91.3 cm³/mol. The van der Waals surface area contributed by atoms with Crippen molar-refractivity contribution >= 4 is 11.9 Å². The number of hydrogen-bond acceptors (Lipinski definition) is 6. The van der Waals surface area contributed by atoms with E-state index in [4.69, 9.17) is 4.42 Å². The lowest BCUT2D eigenvalue weighted by Gasteiger charge is -2.32. The van der Waals surface area contributed by atoms with Gasteiger partial charge in [-0.1, -0.05) is 5.10 Å². The largest absolute Gasteiger partial charge is 0.417 e. The van der Waals surface area contributed by atoms with Crippen molar-refractivity contribution < 1.29 is 22.4 Å². The van der Waals surface area contributed by atoms with Crippen molar-refractivity contribution in [2.45, 2.75) is 31.9 Å². The van der Waals surface area contributed by atoms with Crippen molar-refractivity contribution in [1.29, 1.82) is 0 Å². The van der Waals surface area contributed by atoms with Crippen molar-refractivity contribution in [2.24, 2.45) is 5.41 Å². The van der Waals surface area contributed by atoms with Crippen LogP contribution in [0.5, 0.6) is 0 Å². The van der Waals surface area contributed by atoms with Gasteiger partial charge >= 0.3 is 12.2 Å². The molecule has 150 valence electrons. The van der Waals surface area contributed by atoms with E-state index in [1.54, 1.807) is 4.90 Å². The first-order valence-electron chi connectivity index (χ1n) is 8.91. The molecule has 1 saturated heterocycles. The number of aromatic nitrogens is 3. The highest BCUT2D eigenvalue weighted by Crippen LogP contribution is 2.53. The Labute approximate surface area is 157 Å². The molecule has 3 heterocycles. The summed E-state index contributed by atoms with van der Waals surface area (Å²) in [6, 6.07) is 0.499. The third kappa shape index (κ3) is 3.73. The number of carbonyl (C=O) groups is 1. The lowest BCUT2D eigenvalue weighted by molar-refractivity contribution is -0.137. The van der Waals surface area contributed by atoms with Gasteiger partial charge in [-0.15, -0.1) is 5.10 Å². The zero-order valence-electron chi connectivity index (χ0n) is 14.8. The number of aromatic amines is 1. The van der Waals surface area contributed by atoms with Crippen LogP contribution in [-0.4, -0.2) is 45.6 Å². The van der Waals surface area contributed by atoms with Gasteiger partial charge in [0.2, 0.25) is 5.91 Å². The average molecular weight is 397 g/mol. The first kappa shape index (κ1) is 18.5. The van der Waals surface area contributed by atoms with Gasteiger partial charge in [0, 0.05) is 19.3 Å². The van der Waals surface area contributed by atoms with Crippen molar-refractivity contribution in [3.05, 3.63) is 28.2 Å². The highest BCUT2D eigenvalue weighted by Gasteiger charge is 2.45. The maximum atomic E-state index is 12.8. The van der Waals surface area contributed by atoms with Gasteiger partial charge in [-0.3, -0.25) is 9.59 Å². The molecule has 8 nitrogen and oxygen atoms in total. The molecule has 2 fully saturated rings. The minimum Gasteiger partial charge on any atom is -0.403 e. The highest BCUT2D eigenvalue weighted by atomic mass is 19.4. The molecule has 0 bridgehead atoms. The molecule has 4 rings (SSSR count). The molecule has 1 aliphatic carbocycles. The minimum atomic E-state index is -4.63. The number of nitrogens with zero attached hydrogens (tertiary/aromatic N) is 3. The van der Waals surface area contributed by atoms with Crippen LogP contribution in [0.1, 0.15) is 31.2 Å². The molecule has 28 heavy (non-hydrogen) atoms. The number of pyridine rings is 1. The van der Waals surface area contributed by atoms with E-state index in [-0.39, 0.29) is 24.4 Å². The number of hydrogen-bond donors (Lipinski definition) is 2. The van der Waals surface area contributed by atoms with Gasteiger partial charge in [-0.05, 0) is 37.2 Å². The summed E-state index contributed by atoms with van der Waals surface area (Å²) in [5, 5.41) is 9.91. The zero-order valence-corrected chi connectivity index (χ0v) is 14.8. The second-order valence-corrected chi connectivity index (χ2v) is 7.28. The van der Waals surface area contributed by atoms with Gasteiger partial charge in [-0.2, -0.15) is 13.2 Å². The topological polar surface area (TPSA) is 104 Å². The first-order chi connectivity index (χ1) is 13.3. The van der Waals surface area contributed by atoms with Crippen LogP contribution in [0, 0.1) is 5.41 Å². The molecule has 11 heteroatoms. The van der Waals surface area contributed by atoms with Gasteiger partial charge in [0.05, 0.1) is 12.1 Å². The Morgan fingerprint density at radius 3 is 2.61 bits per heavy atom. The predicted octanol–water partition coefficient (Wildman–Crippen LogP) is 2.26. The van der Waals surface area contributed by atoms with Gasteiger partial charge < -0.3 is 19.6 Å². The Hall–Kier alpha value is -2.85. The lowest BCUT2D eigenvalue weighted by atomic mass is 9.94. The number of piperidine rings is 1. The fraction of sp³-hybridized carbons (Fsp3) is 0.529. The van der Waals surface area contributed by atoms with Crippen LogP contribution < -0.4 is 10.9 Å². The Bertz CT molecular complexity index is 938. The molecular formula is C17H18F3N5O3. The Morgan fingerprint density at radius 1 is 1.25 bits per heavy atom. The Morgan fingerprint density at radius 2 is 1.96 bits per heavy atom. The van der Waals surface area contributed by atoms with Crippen molar-refractivity contribution in [3.8, 4) is 11.5 Å². The SMILES string of the molecule is O=C(CNc1nnc(-c2cc(C(F)(F)F)c[nH]c2=O)o1)N1CCC2(CC1)CC2. The van der Waals surface area contributed by atoms with E-state index in [9.17, 15) is 22.8 Å². The summed E-state index contributed by atoms with van der Waals surface area (Å²) in [6.07, 6.45) is 0.466. The summed E-state index contributed by atoms with van der Waals surface area (Å²) in [6.45, 7) is 1.36. The summed E-state index contributed by atoms with van der Waals surface area (Å²) in [5.41, 5.74) is -1.76. The zero-order chi connectivity index (χ0) is 19.9. The standard InChI is InChI=1S/C17H18F3N5O3/c18-17(19,20)10-7-11(13(27)21-8-10)14-23-24-15(28-14)22-9-12(26)25-5-3-16(1-2-16)4-6-25/h7-8H,1-6,9H2,(H,21,27)(H,22,24). The lowest BCUT2D eigenvalue weighted by Crippen LogP contribution is -2.41. The Kier molecular flexibility index (Phi) is 4.39. The number of likely N-dealkylation sites (tertiary alicyclic amines) is 1. The summed E-state index contributed by atoms with van der Waals surface area (Å²) >= 11 is 0. The highest BCUT2D eigenvalue weighted by molar-refractivity contribution is 5.80. The molecule has 2 aromatic rings. The first-order valence-corrected chi connectivity index (χ1v) is 8.91. The van der Waals surface area contributed by atoms with Gasteiger partial charge in [0.25, 0.3) is 11.4 Å². The van der Waals surface area contributed by atoms with Crippen LogP contribution in [0.3, 0.4) is 0 Å². The number of halogens is 3. The number of H-pyrrole nitrogens is 1. The van der Waals surface area contributed by atoms with E-state index in [2.05, 4.69) is 15.5 Å². The van der Waals surface area contributed by atoms with Gasteiger partial charge in [-0.25, -0.2) is 0 Å². The molecule has 0 atom stereocenters. The second kappa shape index (κ2) is 6.64. The van der Waals surface area contributed by atoms with Crippen molar-refractivity contribution in [1.82, 2.24) is 20.1 Å². The smallest absolute Gasteiger partial charge is 0.403 e. The summed E-state index contributed by atoms with van der Waals surface area (Å²) in [4.78, 5) is 27.9. The maximum Gasteiger partial charge on any atom is 0.417 e. The normalized spacial score (nSPS) is 18.3. The van der Waals surface area contributed by atoms with E-state index in [0.29, 0.717) is 17.7 Å². The van der Waals surface area contributed by atoms with E-state index in [1.807, 2.05) is 4.98 Å². The van der Waals surface area contributed by atoms with Gasteiger partial charge in [0.1, 0.15) is 5.56 Å². The number of rotatable bonds is 4.